The zero-order valence-corrected chi connectivity index (χ0v) is 19.2. The van der Waals surface area contributed by atoms with E-state index in [4.69, 9.17) is 23.7 Å². The number of carbonyl (C=O) groups excluding carboxylic acids is 2. The molecule has 2 aromatic carbocycles. The molecular formula is C25H27NO8. The van der Waals surface area contributed by atoms with E-state index in [1.165, 1.54) is 20.3 Å². The van der Waals surface area contributed by atoms with Crippen LogP contribution in [0.3, 0.4) is 0 Å². The highest BCUT2D eigenvalue weighted by atomic mass is 16.7. The third-order valence-corrected chi connectivity index (χ3v) is 6.42. The monoisotopic (exact) mass is 469 g/mol. The number of carbonyl (C=O) groups is 2. The van der Waals surface area contributed by atoms with Crippen LogP contribution in [-0.2, 0) is 14.3 Å². The van der Waals surface area contributed by atoms with Gasteiger partial charge in [0.2, 0.25) is 18.4 Å². The molecule has 9 heteroatoms. The van der Waals surface area contributed by atoms with E-state index in [0.717, 1.165) is 17.4 Å². The standard InChI is InChI=1S/C25H27NO8/c1-5-22(28)26-24-15-9-19-18(33-12-34-19)8-14(15)23(16(10-27)17(24)11-30-2)13-6-20(31-3)25(29)21(7-13)32-4/h5-10,16-17,23-24,29H,1,11-12H2,2-4H3,(H,26,28)/t16?,17-,23?,24+/m0/s1. The lowest BCUT2D eigenvalue weighted by molar-refractivity contribution is -0.120. The van der Waals surface area contributed by atoms with Gasteiger partial charge >= 0.3 is 0 Å². The summed E-state index contributed by atoms with van der Waals surface area (Å²) in [5.41, 5.74) is 2.24. The summed E-state index contributed by atoms with van der Waals surface area (Å²) in [5.74, 6) is -0.451. The second-order valence-corrected chi connectivity index (χ2v) is 8.11. The highest BCUT2D eigenvalue weighted by molar-refractivity contribution is 5.87. The van der Waals surface area contributed by atoms with Crippen molar-refractivity contribution in [1.82, 2.24) is 5.32 Å². The number of amides is 1. The first kappa shape index (κ1) is 23.4. The largest absolute Gasteiger partial charge is 0.502 e. The van der Waals surface area contributed by atoms with Gasteiger partial charge in [0.1, 0.15) is 6.29 Å². The van der Waals surface area contributed by atoms with Crippen molar-refractivity contribution in [2.24, 2.45) is 11.8 Å². The number of rotatable bonds is 8. The lowest BCUT2D eigenvalue weighted by Crippen LogP contribution is -2.44. The molecule has 34 heavy (non-hydrogen) atoms. The van der Waals surface area contributed by atoms with Gasteiger partial charge in [-0.3, -0.25) is 4.79 Å². The molecule has 2 unspecified atom stereocenters. The Hall–Kier alpha value is -3.72. The predicted octanol–water partition coefficient (Wildman–Crippen LogP) is 2.70. The van der Waals surface area contributed by atoms with E-state index >= 15 is 0 Å². The van der Waals surface area contributed by atoms with Gasteiger partial charge in [-0.25, -0.2) is 0 Å². The Morgan fingerprint density at radius 1 is 1.12 bits per heavy atom. The van der Waals surface area contributed by atoms with Gasteiger partial charge in [-0.15, -0.1) is 0 Å². The fourth-order valence-corrected chi connectivity index (χ4v) is 4.89. The number of hydrogen-bond donors (Lipinski definition) is 2. The van der Waals surface area contributed by atoms with Crippen LogP contribution in [0.1, 0.15) is 28.7 Å². The highest BCUT2D eigenvalue weighted by Gasteiger charge is 2.45. The third kappa shape index (κ3) is 3.92. The Balaban J connectivity index is 1.98. The lowest BCUT2D eigenvalue weighted by atomic mass is 9.64. The van der Waals surface area contributed by atoms with Crippen molar-refractivity contribution in [3.05, 3.63) is 53.6 Å². The zero-order chi connectivity index (χ0) is 24.4. The van der Waals surface area contributed by atoms with Crippen LogP contribution in [-0.4, -0.2) is 52.0 Å². The van der Waals surface area contributed by atoms with Crippen molar-refractivity contribution < 1.29 is 38.4 Å². The summed E-state index contributed by atoms with van der Waals surface area (Å²) in [6, 6.07) is 6.49. The molecule has 1 aliphatic carbocycles. The summed E-state index contributed by atoms with van der Waals surface area (Å²) in [4.78, 5) is 24.9. The number of nitrogens with one attached hydrogen (secondary N) is 1. The predicted molar refractivity (Wildman–Crippen MR) is 122 cm³/mol. The summed E-state index contributed by atoms with van der Waals surface area (Å²) < 4.78 is 27.4. The molecule has 9 nitrogen and oxygen atoms in total. The van der Waals surface area contributed by atoms with Crippen LogP contribution in [0.5, 0.6) is 28.7 Å². The Morgan fingerprint density at radius 2 is 1.74 bits per heavy atom. The van der Waals surface area contributed by atoms with Crippen molar-refractivity contribution in [3.8, 4) is 28.7 Å². The topological polar surface area (TPSA) is 113 Å². The first-order valence-electron chi connectivity index (χ1n) is 10.7. The number of methoxy groups -OCH3 is 3. The van der Waals surface area contributed by atoms with Gasteiger partial charge in [0, 0.05) is 24.9 Å². The van der Waals surface area contributed by atoms with Crippen LogP contribution in [0, 0.1) is 11.8 Å². The van der Waals surface area contributed by atoms with Crippen LogP contribution in [0.4, 0.5) is 0 Å². The molecule has 0 radical (unpaired) electrons. The maximum absolute atomic E-state index is 12.6. The number of ether oxygens (including phenoxy) is 5. The van der Waals surface area contributed by atoms with Gasteiger partial charge in [0.05, 0.1) is 26.9 Å². The second-order valence-electron chi connectivity index (χ2n) is 8.11. The second kappa shape index (κ2) is 9.64. The molecule has 180 valence electrons. The fourth-order valence-electron chi connectivity index (χ4n) is 4.89. The Bertz CT molecular complexity index is 1090. The molecule has 1 heterocycles. The fraction of sp³-hybridized carbons (Fsp3) is 0.360. The minimum Gasteiger partial charge on any atom is -0.502 e. The molecule has 0 aromatic heterocycles. The SMILES string of the molecule is C=CC(=O)N[C@@H]1c2cc3c(cc2C(c2cc(OC)c(O)c(OC)c2)C(C=O)[C@@H]1COC)OCO3. The van der Waals surface area contributed by atoms with Gasteiger partial charge in [0.15, 0.2) is 23.0 Å². The maximum atomic E-state index is 12.6. The van der Waals surface area contributed by atoms with E-state index < -0.39 is 23.8 Å². The van der Waals surface area contributed by atoms with E-state index in [1.54, 1.807) is 19.2 Å². The van der Waals surface area contributed by atoms with Gasteiger partial charge < -0.3 is 38.9 Å². The normalized spacial score (nSPS) is 22.4. The number of aromatic hydroxyl groups is 1. The molecule has 1 aliphatic heterocycles. The number of benzene rings is 2. The van der Waals surface area contributed by atoms with Gasteiger partial charge in [-0.05, 0) is 47.0 Å². The van der Waals surface area contributed by atoms with Gasteiger partial charge in [-0.1, -0.05) is 6.58 Å². The molecule has 2 N–H and O–H groups in total. The number of fused-ring (bicyclic) bond motifs is 2. The average molecular weight is 469 g/mol. The van der Waals surface area contributed by atoms with Crippen LogP contribution < -0.4 is 24.3 Å². The molecule has 0 spiro atoms. The van der Waals surface area contributed by atoms with E-state index in [1.807, 2.05) is 12.1 Å². The summed E-state index contributed by atoms with van der Waals surface area (Å²) in [6.07, 6.45) is 2.06. The number of phenolic OH excluding ortho intramolecular Hbond substituents is 1. The summed E-state index contributed by atoms with van der Waals surface area (Å²) in [5, 5.41) is 13.4. The van der Waals surface area contributed by atoms with E-state index in [2.05, 4.69) is 11.9 Å². The number of aldehydes is 1. The van der Waals surface area contributed by atoms with E-state index in [-0.39, 0.29) is 36.6 Å². The lowest BCUT2D eigenvalue weighted by Gasteiger charge is -2.42. The molecular weight excluding hydrogens is 442 g/mol. The molecule has 0 bridgehead atoms. The molecule has 2 aromatic rings. The molecule has 4 atom stereocenters. The van der Waals surface area contributed by atoms with E-state index in [0.29, 0.717) is 17.1 Å². The Morgan fingerprint density at radius 3 is 2.26 bits per heavy atom. The first-order chi connectivity index (χ1) is 16.5. The molecule has 0 saturated heterocycles. The zero-order valence-electron chi connectivity index (χ0n) is 19.2. The van der Waals surface area contributed by atoms with Crippen molar-refractivity contribution >= 4 is 12.2 Å². The minimum atomic E-state index is -0.595. The van der Waals surface area contributed by atoms with Crippen LogP contribution >= 0.6 is 0 Å². The van der Waals surface area contributed by atoms with Crippen molar-refractivity contribution in [3.63, 3.8) is 0 Å². The molecule has 0 fully saturated rings. The average Bonchev–Trinajstić information content (AvgIpc) is 3.31. The maximum Gasteiger partial charge on any atom is 0.243 e. The van der Waals surface area contributed by atoms with Crippen LogP contribution in [0.15, 0.2) is 36.9 Å². The smallest absolute Gasteiger partial charge is 0.243 e. The molecule has 1 amide bonds. The van der Waals surface area contributed by atoms with Crippen LogP contribution in [0.25, 0.3) is 0 Å². The van der Waals surface area contributed by atoms with Crippen molar-refractivity contribution in [1.29, 1.82) is 0 Å². The quantitative estimate of drug-likeness (QED) is 0.448. The first-order valence-corrected chi connectivity index (χ1v) is 10.7. The number of hydrogen-bond acceptors (Lipinski definition) is 8. The van der Waals surface area contributed by atoms with Crippen molar-refractivity contribution in [2.75, 3.05) is 34.7 Å². The summed E-state index contributed by atoms with van der Waals surface area (Å²) >= 11 is 0. The van der Waals surface area contributed by atoms with Gasteiger partial charge in [-0.2, -0.15) is 0 Å². The third-order valence-electron chi connectivity index (χ3n) is 6.42. The number of phenols is 1. The Labute approximate surface area is 197 Å². The highest BCUT2D eigenvalue weighted by Crippen LogP contribution is 2.53. The molecule has 4 rings (SSSR count). The molecule has 2 aliphatic rings. The summed E-state index contributed by atoms with van der Waals surface area (Å²) in [7, 11) is 4.43. The van der Waals surface area contributed by atoms with Crippen LogP contribution in [0.2, 0.25) is 0 Å². The Kier molecular flexibility index (Phi) is 6.65. The van der Waals surface area contributed by atoms with Gasteiger partial charge in [0.25, 0.3) is 0 Å². The molecule has 0 saturated carbocycles. The summed E-state index contributed by atoms with van der Waals surface area (Å²) in [6.45, 7) is 3.84. The van der Waals surface area contributed by atoms with E-state index in [9.17, 15) is 14.7 Å². The minimum absolute atomic E-state index is 0.0754. The van der Waals surface area contributed by atoms with Crippen molar-refractivity contribution in [2.45, 2.75) is 12.0 Å².